The lowest BCUT2D eigenvalue weighted by molar-refractivity contribution is 0.713. The van der Waals surface area contributed by atoms with Crippen molar-refractivity contribution in [2.24, 2.45) is 0 Å². The van der Waals surface area contributed by atoms with E-state index < -0.39 is 0 Å². The quantitative estimate of drug-likeness (QED) is 0.874. The summed E-state index contributed by atoms with van der Waals surface area (Å²) in [6.45, 7) is 7.78. The molecule has 2 aromatic heterocycles. The summed E-state index contributed by atoms with van der Waals surface area (Å²) in [6, 6.07) is 2.03. The van der Waals surface area contributed by atoms with Crippen LogP contribution >= 0.6 is 11.3 Å². The van der Waals surface area contributed by atoms with Crippen molar-refractivity contribution in [3.8, 4) is 5.13 Å². The number of nitrogens with one attached hydrogen (secondary N) is 1. The first-order valence-electron chi connectivity index (χ1n) is 5.27. The van der Waals surface area contributed by atoms with E-state index in [0.717, 1.165) is 34.6 Å². The van der Waals surface area contributed by atoms with Crippen LogP contribution in [0.4, 0.5) is 0 Å². The third-order valence-electron chi connectivity index (χ3n) is 2.17. The molecule has 0 aliphatic rings. The number of nitrogens with zero attached hydrogens (tertiary/aromatic N) is 4. The van der Waals surface area contributed by atoms with E-state index in [1.165, 1.54) is 0 Å². The van der Waals surface area contributed by atoms with E-state index in [9.17, 15) is 0 Å². The van der Waals surface area contributed by atoms with Crippen LogP contribution in [-0.4, -0.2) is 26.5 Å². The average Bonchev–Trinajstić information content (AvgIpc) is 2.82. The maximum absolute atomic E-state index is 4.38. The van der Waals surface area contributed by atoms with Crippen molar-refractivity contribution in [2.45, 2.75) is 27.3 Å². The second-order valence-corrected chi connectivity index (χ2v) is 4.64. The molecule has 5 nitrogen and oxygen atoms in total. The summed E-state index contributed by atoms with van der Waals surface area (Å²) in [7, 11) is 0. The molecular weight excluding hydrogens is 222 g/mol. The molecule has 0 amide bonds. The minimum atomic E-state index is 0.771. The topological polar surface area (TPSA) is 55.6 Å². The molecule has 0 saturated heterocycles. The van der Waals surface area contributed by atoms with E-state index >= 15 is 0 Å². The van der Waals surface area contributed by atoms with Gasteiger partial charge in [0, 0.05) is 12.2 Å². The zero-order valence-corrected chi connectivity index (χ0v) is 10.5. The normalized spacial score (nSPS) is 10.9. The molecule has 2 aromatic rings. The van der Waals surface area contributed by atoms with Crippen LogP contribution < -0.4 is 5.32 Å². The number of aryl methyl sites for hydroxylation is 2. The SMILES string of the molecule is CCNCc1nnc(-n2nc(C)cc2C)s1. The molecular formula is C10H15N5S. The van der Waals surface area contributed by atoms with Crippen LogP contribution in [0.5, 0.6) is 0 Å². The molecule has 0 radical (unpaired) electrons. The van der Waals surface area contributed by atoms with E-state index in [1.807, 2.05) is 24.6 Å². The van der Waals surface area contributed by atoms with Gasteiger partial charge >= 0.3 is 0 Å². The highest BCUT2D eigenvalue weighted by Gasteiger charge is 2.09. The lowest BCUT2D eigenvalue weighted by Gasteiger charge is -1.96. The van der Waals surface area contributed by atoms with Crippen molar-refractivity contribution in [2.75, 3.05) is 6.54 Å². The van der Waals surface area contributed by atoms with Gasteiger partial charge in [-0.1, -0.05) is 18.3 Å². The third kappa shape index (κ3) is 2.28. The van der Waals surface area contributed by atoms with Crippen LogP contribution in [0.15, 0.2) is 6.07 Å². The molecule has 0 aliphatic carbocycles. The highest BCUT2D eigenvalue weighted by molar-refractivity contribution is 7.13. The predicted molar refractivity (Wildman–Crippen MR) is 63.9 cm³/mol. The Balaban J connectivity index is 2.21. The molecule has 0 unspecified atom stereocenters. The Morgan fingerprint density at radius 2 is 2.19 bits per heavy atom. The average molecular weight is 237 g/mol. The zero-order chi connectivity index (χ0) is 11.5. The van der Waals surface area contributed by atoms with E-state index in [2.05, 4.69) is 27.5 Å². The molecule has 0 saturated carbocycles. The lowest BCUT2D eigenvalue weighted by Crippen LogP contribution is -2.11. The Hall–Kier alpha value is -1.27. The van der Waals surface area contributed by atoms with Crippen LogP contribution in [-0.2, 0) is 6.54 Å². The minimum Gasteiger partial charge on any atom is -0.311 e. The second kappa shape index (κ2) is 4.71. The zero-order valence-electron chi connectivity index (χ0n) is 9.69. The first-order valence-corrected chi connectivity index (χ1v) is 6.09. The molecule has 0 aliphatic heterocycles. The van der Waals surface area contributed by atoms with Gasteiger partial charge in [0.25, 0.3) is 0 Å². The number of rotatable bonds is 4. The Kier molecular flexibility index (Phi) is 3.31. The Bertz CT molecular complexity index is 473. The molecule has 0 fully saturated rings. The number of hydrogen-bond donors (Lipinski definition) is 1. The summed E-state index contributed by atoms with van der Waals surface area (Å²) in [5, 5.41) is 17.7. The summed E-state index contributed by atoms with van der Waals surface area (Å²) in [5.41, 5.74) is 2.09. The Morgan fingerprint density at radius 3 is 2.81 bits per heavy atom. The molecule has 1 N–H and O–H groups in total. The second-order valence-electron chi connectivity index (χ2n) is 3.60. The summed E-state index contributed by atoms with van der Waals surface area (Å²) >= 11 is 1.57. The molecule has 0 bridgehead atoms. The van der Waals surface area contributed by atoms with Crippen molar-refractivity contribution >= 4 is 11.3 Å². The first kappa shape index (κ1) is 11.2. The Morgan fingerprint density at radius 1 is 1.38 bits per heavy atom. The van der Waals surface area contributed by atoms with Gasteiger partial charge in [0.15, 0.2) is 0 Å². The summed E-state index contributed by atoms with van der Waals surface area (Å²) < 4.78 is 1.84. The van der Waals surface area contributed by atoms with Gasteiger partial charge in [0.1, 0.15) is 5.01 Å². The molecule has 0 aromatic carbocycles. The smallest absolute Gasteiger partial charge is 0.233 e. The van der Waals surface area contributed by atoms with E-state index in [4.69, 9.17) is 0 Å². The summed E-state index contributed by atoms with van der Waals surface area (Å²) in [5.74, 6) is 0. The van der Waals surface area contributed by atoms with Gasteiger partial charge in [0.2, 0.25) is 5.13 Å². The Labute approximate surface area is 98.5 Å². The fourth-order valence-corrected chi connectivity index (χ4v) is 2.28. The fourth-order valence-electron chi connectivity index (χ4n) is 1.46. The molecule has 0 atom stereocenters. The highest BCUT2D eigenvalue weighted by atomic mass is 32.1. The molecule has 16 heavy (non-hydrogen) atoms. The van der Waals surface area contributed by atoms with Gasteiger partial charge in [-0.2, -0.15) is 5.10 Å². The molecule has 2 heterocycles. The van der Waals surface area contributed by atoms with E-state index in [1.54, 1.807) is 11.3 Å². The lowest BCUT2D eigenvalue weighted by atomic mass is 10.4. The van der Waals surface area contributed by atoms with Gasteiger partial charge in [-0.05, 0) is 26.5 Å². The van der Waals surface area contributed by atoms with Crippen molar-refractivity contribution < 1.29 is 0 Å². The van der Waals surface area contributed by atoms with E-state index in [0.29, 0.717) is 0 Å². The third-order valence-corrected chi connectivity index (χ3v) is 3.07. The van der Waals surface area contributed by atoms with Gasteiger partial charge < -0.3 is 5.32 Å². The monoisotopic (exact) mass is 237 g/mol. The summed E-state index contributed by atoms with van der Waals surface area (Å²) in [6.07, 6.45) is 0. The van der Waals surface area contributed by atoms with Crippen molar-refractivity contribution in [3.63, 3.8) is 0 Å². The maximum atomic E-state index is 4.38. The number of hydrogen-bond acceptors (Lipinski definition) is 5. The highest BCUT2D eigenvalue weighted by Crippen LogP contribution is 2.16. The van der Waals surface area contributed by atoms with Crippen LogP contribution in [0, 0.1) is 13.8 Å². The molecule has 0 spiro atoms. The molecule has 2 rings (SSSR count). The van der Waals surface area contributed by atoms with Crippen molar-refractivity contribution in [1.29, 1.82) is 0 Å². The van der Waals surface area contributed by atoms with Crippen molar-refractivity contribution in [3.05, 3.63) is 22.5 Å². The largest absolute Gasteiger partial charge is 0.311 e. The maximum Gasteiger partial charge on any atom is 0.233 e. The first-order chi connectivity index (χ1) is 7.70. The molecule has 6 heteroatoms. The standard InChI is InChI=1S/C10H15N5S/c1-4-11-6-9-12-13-10(16-9)15-8(3)5-7(2)14-15/h5,11H,4,6H2,1-3H3. The predicted octanol–water partition coefficient (Wildman–Crippen LogP) is 1.45. The van der Waals surface area contributed by atoms with Crippen LogP contribution in [0.1, 0.15) is 23.3 Å². The fraction of sp³-hybridized carbons (Fsp3) is 0.500. The van der Waals surface area contributed by atoms with Gasteiger partial charge in [-0.25, -0.2) is 4.68 Å². The van der Waals surface area contributed by atoms with Crippen LogP contribution in [0.2, 0.25) is 0 Å². The van der Waals surface area contributed by atoms with Gasteiger partial charge in [-0.15, -0.1) is 10.2 Å². The van der Waals surface area contributed by atoms with Crippen molar-refractivity contribution in [1.82, 2.24) is 25.3 Å². The summed E-state index contributed by atoms with van der Waals surface area (Å²) in [4.78, 5) is 0. The van der Waals surface area contributed by atoms with E-state index in [-0.39, 0.29) is 0 Å². The van der Waals surface area contributed by atoms with Crippen LogP contribution in [0.3, 0.4) is 0 Å². The van der Waals surface area contributed by atoms with Gasteiger partial charge in [0.05, 0.1) is 5.69 Å². The minimum absolute atomic E-state index is 0.771. The number of aromatic nitrogens is 4. The molecule has 86 valence electrons. The van der Waals surface area contributed by atoms with Gasteiger partial charge in [-0.3, -0.25) is 0 Å². The van der Waals surface area contributed by atoms with Crippen LogP contribution in [0.25, 0.3) is 5.13 Å².